The van der Waals surface area contributed by atoms with Gasteiger partial charge in [0.05, 0.1) is 78.8 Å². The van der Waals surface area contributed by atoms with Crippen LogP contribution in [0, 0.1) is 29.6 Å². The van der Waals surface area contributed by atoms with Crippen LogP contribution in [0.5, 0.6) is 0 Å². The number of nitriles is 2. The maximum Gasteiger partial charge on any atom is 0.0993 e. The van der Waals surface area contributed by atoms with Gasteiger partial charge in [-0.3, -0.25) is 0 Å². The zero-order valence-electron chi connectivity index (χ0n) is 37.4. The smallest absolute Gasteiger partial charge is 0.0993 e. The van der Waals surface area contributed by atoms with Gasteiger partial charge < -0.3 is 18.3 Å². The second kappa shape index (κ2) is 14.7. The first-order valence-electron chi connectivity index (χ1n) is 23.2. The molecule has 0 amide bonds. The molecule has 0 spiro atoms. The SMILES string of the molecule is Cc1cc(C#N)cc(-c2c(-n3c4ccccc4c4cc(-n5c6ccccc6c6ccccc65)ccc43)cc(C#N)cc2-n2c3ccccc3c3cc(-n4c5ccccc5c5ccccc54)ccc32)c1. The molecular weight excluding hydrogens is 841 g/mol. The molecule has 0 atom stereocenters. The highest BCUT2D eigenvalue weighted by molar-refractivity contribution is 6.15. The molecule has 4 heterocycles. The number of aromatic nitrogens is 4. The van der Waals surface area contributed by atoms with Crippen LogP contribution in [0.3, 0.4) is 0 Å². The van der Waals surface area contributed by atoms with Crippen molar-refractivity contribution < 1.29 is 0 Å². The predicted molar refractivity (Wildman–Crippen MR) is 283 cm³/mol. The summed E-state index contributed by atoms with van der Waals surface area (Å²) in [5.41, 5.74) is 16.4. The van der Waals surface area contributed by atoms with E-state index in [1.165, 1.54) is 21.5 Å². The fourth-order valence-corrected chi connectivity index (χ4v) is 11.4. The fourth-order valence-electron chi connectivity index (χ4n) is 11.4. The standard InChI is InChI=1S/C63H38N6/c1-39-30-40(37-64)32-42(31-39)63-61(68-57-24-12-6-18-49(57)51-35-43(26-28-59(51)68)66-53-20-8-2-14-45(53)46-15-3-9-21-54(46)66)33-41(38-65)34-62(63)69-58-25-13-7-19-50(58)52-36-44(27-29-60(52)69)67-55-22-10-4-16-47(55)48-17-5-11-23-56(48)67/h2-36H,1H3. The molecule has 69 heavy (non-hydrogen) atoms. The average Bonchev–Trinajstić information content (AvgIpc) is 4.13. The number of hydrogen-bond acceptors (Lipinski definition) is 2. The molecule has 0 unspecified atom stereocenters. The van der Waals surface area contributed by atoms with Gasteiger partial charge >= 0.3 is 0 Å². The summed E-state index contributed by atoms with van der Waals surface area (Å²) in [4.78, 5) is 0. The first kappa shape index (κ1) is 38.6. The number of nitrogens with zero attached hydrogens (tertiary/aromatic N) is 6. The van der Waals surface area contributed by atoms with Gasteiger partial charge in [-0.2, -0.15) is 10.5 Å². The van der Waals surface area contributed by atoms with Crippen LogP contribution in [0.4, 0.5) is 0 Å². The Balaban J connectivity index is 1.07. The molecule has 0 radical (unpaired) electrons. The minimum Gasteiger partial charge on any atom is -0.309 e. The van der Waals surface area contributed by atoms with Crippen molar-refractivity contribution in [3.05, 3.63) is 229 Å². The van der Waals surface area contributed by atoms with Crippen molar-refractivity contribution in [1.82, 2.24) is 18.3 Å². The molecule has 0 saturated carbocycles. The third-order valence-corrected chi connectivity index (χ3v) is 14.2. The number of hydrogen-bond donors (Lipinski definition) is 0. The Morgan fingerprint density at radius 1 is 0.304 bits per heavy atom. The van der Waals surface area contributed by atoms with Crippen LogP contribution < -0.4 is 0 Å². The monoisotopic (exact) mass is 878 g/mol. The molecule has 0 N–H and O–H groups in total. The molecule has 10 aromatic carbocycles. The van der Waals surface area contributed by atoms with Crippen molar-refractivity contribution in [2.45, 2.75) is 6.92 Å². The maximum atomic E-state index is 11.0. The van der Waals surface area contributed by atoms with E-state index in [2.05, 4.69) is 218 Å². The summed E-state index contributed by atoms with van der Waals surface area (Å²) in [6.45, 7) is 2.04. The summed E-state index contributed by atoms with van der Waals surface area (Å²) in [6.07, 6.45) is 0. The van der Waals surface area contributed by atoms with Crippen molar-refractivity contribution in [3.8, 4) is 46.0 Å². The van der Waals surface area contributed by atoms with Crippen molar-refractivity contribution in [3.63, 3.8) is 0 Å². The van der Waals surface area contributed by atoms with Crippen LogP contribution in [0.15, 0.2) is 212 Å². The van der Waals surface area contributed by atoms with Crippen LogP contribution >= 0.6 is 0 Å². The lowest BCUT2D eigenvalue weighted by Crippen LogP contribution is -2.05. The molecule has 14 aromatic rings. The lowest BCUT2D eigenvalue weighted by atomic mass is 9.95. The van der Waals surface area contributed by atoms with Crippen molar-refractivity contribution >= 4 is 87.2 Å². The fraction of sp³-hybridized carbons (Fsp3) is 0.0159. The van der Waals surface area contributed by atoms with E-state index in [1.807, 2.05) is 31.2 Å². The molecule has 0 aliphatic heterocycles. The van der Waals surface area contributed by atoms with Gasteiger partial charge in [0.25, 0.3) is 0 Å². The van der Waals surface area contributed by atoms with Crippen LogP contribution in [-0.4, -0.2) is 18.3 Å². The first-order chi connectivity index (χ1) is 34.1. The van der Waals surface area contributed by atoms with Gasteiger partial charge in [-0.15, -0.1) is 0 Å². The zero-order valence-corrected chi connectivity index (χ0v) is 37.4. The third kappa shape index (κ3) is 5.58. The van der Waals surface area contributed by atoms with E-state index in [4.69, 9.17) is 0 Å². The molecule has 0 bridgehead atoms. The first-order valence-corrected chi connectivity index (χ1v) is 23.2. The van der Waals surface area contributed by atoms with Crippen LogP contribution in [0.25, 0.3) is 121 Å². The molecule has 4 aromatic heterocycles. The highest BCUT2D eigenvalue weighted by atomic mass is 15.0. The predicted octanol–water partition coefficient (Wildman–Crippen LogP) is 15.8. The quantitative estimate of drug-likeness (QED) is 0.173. The Morgan fingerprint density at radius 3 is 1.00 bits per heavy atom. The molecule has 6 heteroatoms. The van der Waals surface area contributed by atoms with Crippen LogP contribution in [-0.2, 0) is 0 Å². The lowest BCUT2D eigenvalue weighted by Gasteiger charge is -2.21. The Kier molecular flexibility index (Phi) is 8.23. The molecular formula is C63H38N6. The summed E-state index contributed by atoms with van der Waals surface area (Å²) in [5, 5.41) is 30.7. The Bertz CT molecular complexity index is 4240. The lowest BCUT2D eigenvalue weighted by molar-refractivity contribution is 1.13. The Morgan fingerprint density at radius 2 is 0.623 bits per heavy atom. The summed E-state index contributed by atoms with van der Waals surface area (Å²) < 4.78 is 9.37. The normalized spacial score (nSPS) is 11.8. The molecule has 0 aliphatic carbocycles. The number of para-hydroxylation sites is 6. The van der Waals surface area contributed by atoms with Crippen molar-refractivity contribution in [1.29, 1.82) is 10.5 Å². The van der Waals surface area contributed by atoms with E-state index in [1.54, 1.807) is 0 Å². The van der Waals surface area contributed by atoms with Crippen molar-refractivity contribution in [2.24, 2.45) is 0 Å². The van der Waals surface area contributed by atoms with E-state index >= 15 is 0 Å². The van der Waals surface area contributed by atoms with Crippen molar-refractivity contribution in [2.75, 3.05) is 0 Å². The minimum atomic E-state index is 0.526. The van der Waals surface area contributed by atoms with Gasteiger partial charge in [-0.05, 0) is 115 Å². The topological polar surface area (TPSA) is 67.3 Å². The third-order valence-electron chi connectivity index (χ3n) is 14.2. The van der Waals surface area contributed by atoms with E-state index in [-0.39, 0.29) is 0 Å². The van der Waals surface area contributed by atoms with E-state index < -0.39 is 0 Å². The van der Waals surface area contributed by atoms with Gasteiger partial charge in [0.1, 0.15) is 0 Å². The highest BCUT2D eigenvalue weighted by Gasteiger charge is 2.25. The molecule has 0 saturated heterocycles. The molecule has 14 rings (SSSR count). The largest absolute Gasteiger partial charge is 0.309 e. The van der Waals surface area contributed by atoms with E-state index in [9.17, 15) is 10.5 Å². The molecule has 0 fully saturated rings. The number of fused-ring (bicyclic) bond motifs is 12. The minimum absolute atomic E-state index is 0.526. The summed E-state index contributed by atoms with van der Waals surface area (Å²) >= 11 is 0. The van der Waals surface area contributed by atoms with Gasteiger partial charge in [-0.25, -0.2) is 0 Å². The summed E-state index contributed by atoms with van der Waals surface area (Å²) in [6, 6.07) is 80.2. The Hall–Kier alpha value is -9.62. The number of rotatable bonds is 5. The Labute approximate surface area is 396 Å². The van der Waals surface area contributed by atoms with Crippen LogP contribution in [0.2, 0.25) is 0 Å². The summed E-state index contributed by atoms with van der Waals surface area (Å²) in [7, 11) is 0. The molecule has 6 nitrogen and oxygen atoms in total. The van der Waals surface area contributed by atoms with Gasteiger partial charge in [0.2, 0.25) is 0 Å². The zero-order chi connectivity index (χ0) is 45.9. The number of aryl methyl sites for hydroxylation is 1. The second-order valence-corrected chi connectivity index (χ2v) is 18.0. The second-order valence-electron chi connectivity index (χ2n) is 18.0. The summed E-state index contributed by atoms with van der Waals surface area (Å²) in [5.74, 6) is 0. The van der Waals surface area contributed by atoms with E-state index in [0.29, 0.717) is 11.1 Å². The van der Waals surface area contributed by atoms with Gasteiger partial charge in [0, 0.05) is 60.0 Å². The van der Waals surface area contributed by atoms with Gasteiger partial charge in [0.15, 0.2) is 0 Å². The maximum absolute atomic E-state index is 11.0. The highest BCUT2D eigenvalue weighted by Crippen LogP contribution is 2.45. The van der Waals surface area contributed by atoms with Crippen LogP contribution in [0.1, 0.15) is 16.7 Å². The van der Waals surface area contributed by atoms with E-state index in [0.717, 1.165) is 105 Å². The average molecular weight is 879 g/mol. The molecule has 0 aliphatic rings. The molecule has 320 valence electrons. The van der Waals surface area contributed by atoms with Gasteiger partial charge in [-0.1, -0.05) is 115 Å². The number of benzene rings is 10.